The van der Waals surface area contributed by atoms with E-state index in [-0.39, 0.29) is 20.1 Å². The predicted octanol–water partition coefficient (Wildman–Crippen LogP) is 1.31. The molecule has 2 rings (SSSR count). The third kappa shape index (κ3) is 2.73. The van der Waals surface area contributed by atoms with Crippen LogP contribution in [0.5, 0.6) is 0 Å². The number of nitrogens with zero attached hydrogens (tertiary/aromatic N) is 4. The number of hydrogen-bond acceptors (Lipinski definition) is 4. The Morgan fingerprint density at radius 1 is 1.53 bits per heavy atom. The van der Waals surface area contributed by atoms with Crippen molar-refractivity contribution < 1.29 is 24.6 Å². The Kier molecular flexibility index (Phi) is 4.17. The van der Waals surface area contributed by atoms with Crippen molar-refractivity contribution >= 4 is 0 Å². The van der Waals surface area contributed by atoms with Gasteiger partial charge in [-0.3, -0.25) is 5.10 Å². The Balaban J connectivity index is 0.00000112. The number of aromatic nitrogens is 4. The monoisotopic (exact) mass is 384 g/mol. The summed E-state index contributed by atoms with van der Waals surface area (Å²) in [5.74, 6) is 1.09. The fourth-order valence-corrected chi connectivity index (χ4v) is 1.12. The van der Waals surface area contributed by atoms with Gasteiger partial charge in [-0.2, -0.15) is 0 Å². The van der Waals surface area contributed by atoms with E-state index in [1.807, 2.05) is 6.92 Å². The second-order valence-electron chi connectivity index (χ2n) is 3.06. The molecule has 0 aliphatic carbocycles. The Hall–Kier alpha value is -1.00. The van der Waals surface area contributed by atoms with Crippen LogP contribution >= 0.6 is 0 Å². The zero-order valence-corrected chi connectivity index (χ0v) is 10.9. The molecule has 0 aliphatic rings. The smallest absolute Gasteiger partial charge is 0.214 e. The van der Waals surface area contributed by atoms with Crippen LogP contribution in [0.1, 0.15) is 24.9 Å². The van der Waals surface area contributed by atoms with Gasteiger partial charge >= 0.3 is 0 Å². The van der Waals surface area contributed by atoms with Crippen molar-refractivity contribution in [3.8, 4) is 5.95 Å². The average Bonchev–Trinajstić information content (AvgIpc) is 2.74. The summed E-state index contributed by atoms with van der Waals surface area (Å²) in [6.45, 7) is 3.95. The van der Waals surface area contributed by atoms with Gasteiger partial charge in [0.1, 0.15) is 0 Å². The molecule has 0 aliphatic heterocycles. The molecule has 2 aromatic rings. The second kappa shape index (κ2) is 5.19. The zero-order chi connectivity index (χ0) is 9.97. The van der Waals surface area contributed by atoms with Gasteiger partial charge in [0.25, 0.3) is 0 Å². The first-order chi connectivity index (χ1) is 6.79. The van der Waals surface area contributed by atoms with Crippen LogP contribution in [0, 0.1) is 13.1 Å². The molecule has 0 fully saturated rings. The van der Waals surface area contributed by atoms with Crippen LogP contribution in [-0.2, 0) is 26.5 Å². The van der Waals surface area contributed by atoms with Gasteiger partial charge in [-0.15, -0.1) is 11.2 Å². The van der Waals surface area contributed by atoms with Gasteiger partial charge in [0.2, 0.25) is 5.89 Å². The Labute approximate surface area is 101 Å². The van der Waals surface area contributed by atoms with Gasteiger partial charge in [-0.1, -0.05) is 20.0 Å². The molecule has 0 N–H and O–H groups in total. The molecule has 0 bridgehead atoms. The summed E-state index contributed by atoms with van der Waals surface area (Å²) < 4.78 is 6.51. The maximum Gasteiger partial charge on any atom is 0.214 e. The molecule has 83 valence electrons. The largest absolute Gasteiger partial charge is 0.351 e. The molecular weight excluding hydrogens is 372 g/mol. The van der Waals surface area contributed by atoms with Crippen LogP contribution in [0.2, 0.25) is 0 Å². The van der Waals surface area contributed by atoms with Gasteiger partial charge in [0, 0.05) is 26.5 Å². The van der Waals surface area contributed by atoms with Crippen LogP contribution in [-0.4, -0.2) is 19.9 Å². The Morgan fingerprint density at radius 3 is 2.93 bits per heavy atom. The van der Waals surface area contributed by atoms with Gasteiger partial charge in [0.15, 0.2) is 5.95 Å². The SMILES string of the molecule is CCCc1nc(-n2[c-]cc(C)n2)no1.[Ir]. The standard InChI is InChI=1S/C9H11N4O.Ir/c1-3-4-8-10-9(12-14-8)13-6-5-7(2)11-13;/h5H,3-4H2,1-2H3;/q-1;. The minimum absolute atomic E-state index is 0. The summed E-state index contributed by atoms with van der Waals surface area (Å²) in [6, 6.07) is 1.77. The normalized spacial score (nSPS) is 10.0. The molecule has 0 unspecified atom stereocenters. The molecule has 0 saturated heterocycles. The minimum Gasteiger partial charge on any atom is -0.351 e. The first-order valence-electron chi connectivity index (χ1n) is 4.57. The van der Waals surface area contributed by atoms with E-state index < -0.39 is 0 Å². The summed E-state index contributed by atoms with van der Waals surface area (Å²) in [6.07, 6.45) is 4.69. The minimum atomic E-state index is 0. The summed E-state index contributed by atoms with van der Waals surface area (Å²) in [5, 5.41) is 7.93. The molecule has 2 heterocycles. The quantitative estimate of drug-likeness (QED) is 0.750. The summed E-state index contributed by atoms with van der Waals surface area (Å²) in [4.78, 5) is 4.18. The summed E-state index contributed by atoms with van der Waals surface area (Å²) >= 11 is 0. The van der Waals surface area contributed by atoms with Crippen LogP contribution < -0.4 is 0 Å². The molecule has 0 aromatic carbocycles. The molecule has 0 saturated carbocycles. The van der Waals surface area contributed by atoms with E-state index in [4.69, 9.17) is 4.52 Å². The first kappa shape index (κ1) is 12.1. The van der Waals surface area contributed by atoms with Crippen LogP contribution in [0.3, 0.4) is 0 Å². The van der Waals surface area contributed by atoms with E-state index in [0.29, 0.717) is 11.8 Å². The number of rotatable bonds is 3. The molecule has 0 atom stereocenters. The molecular formula is C9H11IrN4O-. The maximum absolute atomic E-state index is 5.03. The summed E-state index contributed by atoms with van der Waals surface area (Å²) in [7, 11) is 0. The maximum atomic E-state index is 5.03. The van der Waals surface area contributed by atoms with Gasteiger partial charge < -0.3 is 9.20 Å². The van der Waals surface area contributed by atoms with E-state index in [1.165, 1.54) is 4.68 Å². The van der Waals surface area contributed by atoms with Crippen LogP contribution in [0.25, 0.3) is 5.95 Å². The molecule has 6 heteroatoms. The topological polar surface area (TPSA) is 56.7 Å². The molecule has 0 amide bonds. The van der Waals surface area contributed by atoms with E-state index in [9.17, 15) is 0 Å². The van der Waals surface area contributed by atoms with Crippen molar-refractivity contribution in [2.75, 3.05) is 0 Å². The average molecular weight is 383 g/mol. The molecule has 15 heavy (non-hydrogen) atoms. The van der Waals surface area contributed by atoms with Gasteiger partial charge in [-0.25, -0.2) is 4.98 Å². The van der Waals surface area contributed by atoms with Crippen LogP contribution in [0.15, 0.2) is 10.6 Å². The van der Waals surface area contributed by atoms with E-state index in [0.717, 1.165) is 18.5 Å². The Morgan fingerprint density at radius 2 is 2.33 bits per heavy atom. The van der Waals surface area contributed by atoms with Crippen molar-refractivity contribution in [3.63, 3.8) is 0 Å². The third-order valence-electron chi connectivity index (χ3n) is 1.76. The molecule has 0 spiro atoms. The zero-order valence-electron chi connectivity index (χ0n) is 8.52. The number of aryl methyl sites for hydroxylation is 2. The van der Waals surface area contributed by atoms with Crippen molar-refractivity contribution in [2.24, 2.45) is 0 Å². The molecule has 2 aromatic heterocycles. The fraction of sp³-hybridized carbons (Fsp3) is 0.444. The molecule has 5 nitrogen and oxygen atoms in total. The Bertz CT molecular complexity index is 423. The van der Waals surface area contributed by atoms with E-state index in [1.54, 1.807) is 6.07 Å². The van der Waals surface area contributed by atoms with E-state index >= 15 is 0 Å². The third-order valence-corrected chi connectivity index (χ3v) is 1.76. The predicted molar refractivity (Wildman–Crippen MR) is 49.0 cm³/mol. The number of hydrogen-bond donors (Lipinski definition) is 0. The molecule has 1 radical (unpaired) electrons. The fourth-order valence-electron chi connectivity index (χ4n) is 1.12. The first-order valence-corrected chi connectivity index (χ1v) is 4.57. The summed E-state index contributed by atoms with van der Waals surface area (Å²) in [5.41, 5.74) is 0.881. The van der Waals surface area contributed by atoms with Crippen molar-refractivity contribution in [2.45, 2.75) is 26.7 Å². The second-order valence-corrected chi connectivity index (χ2v) is 3.06. The van der Waals surface area contributed by atoms with Gasteiger partial charge in [0.05, 0.1) is 0 Å². The van der Waals surface area contributed by atoms with Crippen molar-refractivity contribution in [1.82, 2.24) is 19.9 Å². The van der Waals surface area contributed by atoms with E-state index in [2.05, 4.69) is 28.4 Å². The van der Waals surface area contributed by atoms with Gasteiger partial charge in [-0.05, 0) is 12.1 Å². The van der Waals surface area contributed by atoms with Crippen molar-refractivity contribution in [1.29, 1.82) is 0 Å². The van der Waals surface area contributed by atoms with Crippen molar-refractivity contribution in [3.05, 3.63) is 23.8 Å². The van der Waals surface area contributed by atoms with Crippen LogP contribution in [0.4, 0.5) is 0 Å².